The molecule has 0 amide bonds. The minimum Gasteiger partial charge on any atom is -0.287 e. The van der Waals surface area contributed by atoms with Gasteiger partial charge in [0.2, 0.25) is 5.78 Å². The first-order chi connectivity index (χ1) is 8.11. The van der Waals surface area contributed by atoms with Crippen LogP contribution in [0.25, 0.3) is 0 Å². The van der Waals surface area contributed by atoms with Crippen LogP contribution < -0.4 is 0 Å². The minimum atomic E-state index is -0.532. The summed E-state index contributed by atoms with van der Waals surface area (Å²) < 4.78 is 0. The largest absolute Gasteiger partial charge is 0.287 e. The average Bonchev–Trinajstić information content (AvgIpc) is 2.74. The summed E-state index contributed by atoms with van der Waals surface area (Å²) in [6.07, 6.45) is 0. The number of benzene rings is 1. The molecule has 0 radical (unpaired) electrons. The predicted molar refractivity (Wildman–Crippen MR) is 65.6 cm³/mol. The van der Waals surface area contributed by atoms with E-state index in [2.05, 4.69) is 0 Å². The van der Waals surface area contributed by atoms with Crippen LogP contribution in [0.4, 0.5) is 5.69 Å². The summed E-state index contributed by atoms with van der Waals surface area (Å²) in [5.41, 5.74) is 0.839. The first-order valence-electron chi connectivity index (χ1n) is 4.93. The number of nitrogens with zero attached hydrogens (tertiary/aromatic N) is 1. The number of hydrogen-bond donors (Lipinski definition) is 0. The lowest BCUT2D eigenvalue weighted by atomic mass is 10.1. The molecule has 0 spiro atoms. The molecule has 0 aliphatic heterocycles. The fraction of sp³-hybridized carbons (Fsp3) is 0.0833. The van der Waals surface area contributed by atoms with Crippen molar-refractivity contribution in [2.24, 2.45) is 0 Å². The van der Waals surface area contributed by atoms with Gasteiger partial charge < -0.3 is 0 Å². The van der Waals surface area contributed by atoms with Crippen molar-refractivity contribution < 1.29 is 9.72 Å². The number of carbonyl (C=O) groups is 1. The number of nitro benzene ring substituents is 1. The monoisotopic (exact) mass is 247 g/mol. The van der Waals surface area contributed by atoms with Crippen LogP contribution in [0.15, 0.2) is 35.7 Å². The molecule has 0 aliphatic rings. The lowest BCUT2D eigenvalue weighted by Crippen LogP contribution is -2.04. The van der Waals surface area contributed by atoms with E-state index in [1.54, 1.807) is 17.5 Å². The Balaban J connectivity index is 2.52. The molecule has 0 atom stereocenters. The quantitative estimate of drug-likeness (QED) is 0.475. The minimum absolute atomic E-state index is 0.142. The Morgan fingerprint density at radius 1 is 1.29 bits per heavy atom. The van der Waals surface area contributed by atoms with Crippen molar-refractivity contribution in [2.45, 2.75) is 6.92 Å². The summed E-state index contributed by atoms with van der Waals surface area (Å²) in [4.78, 5) is 23.0. The maximum absolute atomic E-state index is 12.2. The zero-order valence-corrected chi connectivity index (χ0v) is 9.86. The second kappa shape index (κ2) is 4.47. The van der Waals surface area contributed by atoms with Gasteiger partial charge in [0.15, 0.2) is 0 Å². The van der Waals surface area contributed by atoms with Crippen molar-refractivity contribution in [3.05, 3.63) is 61.8 Å². The van der Waals surface area contributed by atoms with Crippen LogP contribution in [0.2, 0.25) is 0 Å². The maximum atomic E-state index is 12.2. The van der Waals surface area contributed by atoms with Crippen molar-refractivity contribution in [3.63, 3.8) is 0 Å². The van der Waals surface area contributed by atoms with Crippen molar-refractivity contribution in [1.82, 2.24) is 0 Å². The van der Waals surface area contributed by atoms with Crippen molar-refractivity contribution in [3.8, 4) is 0 Å². The Hall–Kier alpha value is -2.01. The fourth-order valence-corrected chi connectivity index (χ4v) is 2.43. The summed E-state index contributed by atoms with van der Waals surface area (Å²) in [5, 5.41) is 12.6. The Morgan fingerprint density at radius 2 is 2.00 bits per heavy atom. The van der Waals surface area contributed by atoms with Crippen molar-refractivity contribution >= 4 is 22.8 Å². The zero-order chi connectivity index (χ0) is 12.4. The first-order valence-corrected chi connectivity index (χ1v) is 5.81. The molecule has 0 aliphatic carbocycles. The number of aryl methyl sites for hydroxylation is 1. The molecule has 5 heteroatoms. The summed E-state index contributed by atoms with van der Waals surface area (Å²) in [5.74, 6) is -0.287. The van der Waals surface area contributed by atoms with Crippen LogP contribution in [0.3, 0.4) is 0 Å². The number of carbonyl (C=O) groups excluding carboxylic acids is 1. The van der Waals surface area contributed by atoms with Gasteiger partial charge in [0.25, 0.3) is 5.69 Å². The van der Waals surface area contributed by atoms with Crippen molar-refractivity contribution in [1.29, 1.82) is 0 Å². The van der Waals surface area contributed by atoms with Gasteiger partial charge in [-0.05, 0) is 30.0 Å². The third-order valence-corrected chi connectivity index (χ3v) is 3.43. The van der Waals surface area contributed by atoms with Gasteiger partial charge in [-0.1, -0.05) is 12.1 Å². The maximum Gasteiger partial charge on any atom is 0.280 e. The SMILES string of the molecule is Cc1ccsc1C(=O)c1ccccc1[N+](=O)[O-]. The highest BCUT2D eigenvalue weighted by molar-refractivity contribution is 7.12. The molecule has 0 N–H and O–H groups in total. The molecule has 0 unspecified atom stereocenters. The summed E-state index contributed by atoms with van der Waals surface area (Å²) in [6.45, 7) is 1.82. The van der Waals surface area contributed by atoms with Crippen molar-refractivity contribution in [2.75, 3.05) is 0 Å². The highest BCUT2D eigenvalue weighted by Gasteiger charge is 2.22. The van der Waals surface area contributed by atoms with E-state index in [9.17, 15) is 14.9 Å². The van der Waals surface area contributed by atoms with E-state index in [1.165, 1.54) is 23.5 Å². The highest BCUT2D eigenvalue weighted by atomic mass is 32.1. The third kappa shape index (κ3) is 2.09. The van der Waals surface area contributed by atoms with E-state index in [4.69, 9.17) is 0 Å². The summed E-state index contributed by atoms with van der Waals surface area (Å²) >= 11 is 1.30. The van der Waals surface area contributed by atoms with Gasteiger partial charge in [0, 0.05) is 6.07 Å². The van der Waals surface area contributed by atoms with Crippen LogP contribution >= 0.6 is 11.3 Å². The Bertz CT molecular complexity index is 589. The molecule has 0 bridgehead atoms. The number of hydrogen-bond acceptors (Lipinski definition) is 4. The second-order valence-electron chi connectivity index (χ2n) is 3.54. The molecule has 0 saturated heterocycles. The van der Waals surface area contributed by atoms with Gasteiger partial charge in [-0.15, -0.1) is 11.3 Å². The van der Waals surface area contributed by atoms with E-state index in [-0.39, 0.29) is 17.0 Å². The van der Waals surface area contributed by atoms with E-state index >= 15 is 0 Å². The van der Waals surface area contributed by atoms with Gasteiger partial charge in [-0.2, -0.15) is 0 Å². The summed E-state index contributed by atoms with van der Waals surface area (Å²) in [6, 6.07) is 7.84. The summed E-state index contributed by atoms with van der Waals surface area (Å²) in [7, 11) is 0. The van der Waals surface area contributed by atoms with E-state index in [0.29, 0.717) is 4.88 Å². The molecule has 1 aromatic carbocycles. The molecule has 0 saturated carbocycles. The third-order valence-electron chi connectivity index (χ3n) is 2.41. The first kappa shape index (κ1) is 11.5. The highest BCUT2D eigenvalue weighted by Crippen LogP contribution is 2.25. The number of nitro groups is 1. The lowest BCUT2D eigenvalue weighted by molar-refractivity contribution is -0.385. The van der Waals surface area contributed by atoms with Crippen LogP contribution in [-0.2, 0) is 0 Å². The Labute approximate surface area is 102 Å². The molecule has 4 nitrogen and oxygen atoms in total. The van der Waals surface area contributed by atoms with Gasteiger partial charge in [-0.3, -0.25) is 14.9 Å². The predicted octanol–water partition coefficient (Wildman–Crippen LogP) is 3.20. The number of para-hydroxylation sites is 1. The van der Waals surface area contributed by atoms with Gasteiger partial charge >= 0.3 is 0 Å². The molecule has 1 heterocycles. The smallest absolute Gasteiger partial charge is 0.280 e. The Kier molecular flexibility index (Phi) is 3.01. The zero-order valence-electron chi connectivity index (χ0n) is 9.04. The van der Waals surface area contributed by atoms with Gasteiger partial charge in [0.05, 0.1) is 9.80 Å². The second-order valence-corrected chi connectivity index (χ2v) is 4.45. The molecule has 2 rings (SSSR count). The van der Waals surface area contributed by atoms with Crippen LogP contribution in [0.5, 0.6) is 0 Å². The molecule has 0 fully saturated rings. The molecular weight excluding hydrogens is 238 g/mol. The van der Waals surface area contributed by atoms with E-state index < -0.39 is 4.92 Å². The van der Waals surface area contributed by atoms with Crippen LogP contribution in [0, 0.1) is 17.0 Å². The standard InChI is InChI=1S/C12H9NO3S/c1-8-6-7-17-12(8)11(14)9-4-2-3-5-10(9)13(15)16/h2-7H,1H3. The Morgan fingerprint density at radius 3 is 2.59 bits per heavy atom. The molecule has 2 aromatic rings. The normalized spacial score (nSPS) is 10.2. The number of thiophene rings is 1. The number of ketones is 1. The van der Waals surface area contributed by atoms with Gasteiger partial charge in [-0.25, -0.2) is 0 Å². The molecule has 86 valence electrons. The molecule has 17 heavy (non-hydrogen) atoms. The van der Waals surface area contributed by atoms with Crippen LogP contribution in [-0.4, -0.2) is 10.7 Å². The van der Waals surface area contributed by atoms with Crippen LogP contribution in [0.1, 0.15) is 20.8 Å². The van der Waals surface area contributed by atoms with Gasteiger partial charge in [0.1, 0.15) is 5.56 Å². The molecule has 1 aromatic heterocycles. The average molecular weight is 247 g/mol. The fourth-order valence-electron chi connectivity index (χ4n) is 1.55. The molecular formula is C12H9NO3S. The van der Waals surface area contributed by atoms with E-state index in [1.807, 2.05) is 13.0 Å². The lowest BCUT2D eigenvalue weighted by Gasteiger charge is -2.01. The topological polar surface area (TPSA) is 60.2 Å². The number of rotatable bonds is 3. The van der Waals surface area contributed by atoms with E-state index in [0.717, 1.165) is 5.56 Å².